The lowest BCUT2D eigenvalue weighted by Gasteiger charge is -2.38. The Balaban J connectivity index is 1.58. The van der Waals surface area contributed by atoms with Gasteiger partial charge in [0.25, 0.3) is 11.4 Å². The third kappa shape index (κ3) is 12.3. The zero-order valence-corrected chi connectivity index (χ0v) is 30.4. The number of non-ortho nitro benzene ring substituents is 2. The molecule has 0 saturated carbocycles. The molecule has 2 amide bonds. The minimum absolute atomic E-state index is 0.0194. The van der Waals surface area contributed by atoms with Gasteiger partial charge in [0.1, 0.15) is 19.3 Å². The molecule has 1 heterocycles. The summed E-state index contributed by atoms with van der Waals surface area (Å²) in [7, 11) is -2.15. The van der Waals surface area contributed by atoms with Gasteiger partial charge >= 0.3 is 18.2 Å². The maximum atomic E-state index is 13.3. The van der Waals surface area contributed by atoms with Gasteiger partial charge in [-0.1, -0.05) is 20.8 Å². The third-order valence-corrected chi connectivity index (χ3v) is 14.1. The molecule has 3 atom stereocenters. The molecule has 17 heteroatoms. The van der Waals surface area contributed by atoms with E-state index >= 15 is 0 Å². The van der Waals surface area contributed by atoms with Gasteiger partial charge in [-0.2, -0.15) is 11.8 Å². The van der Waals surface area contributed by atoms with Gasteiger partial charge in [-0.15, -0.1) is 0 Å². The second kappa shape index (κ2) is 17.4. The average Bonchev–Trinajstić information content (AvgIpc) is 3.42. The number of nitrogens with zero attached hydrogens (tertiary/aromatic N) is 3. The van der Waals surface area contributed by atoms with Gasteiger partial charge in [0.2, 0.25) is 0 Å². The summed E-state index contributed by atoms with van der Waals surface area (Å²) >= 11 is 1.45. The summed E-state index contributed by atoms with van der Waals surface area (Å²) < 4.78 is 22.9. The highest BCUT2D eigenvalue weighted by Gasteiger charge is 2.44. The number of hydrogen-bond donors (Lipinski definition) is 1. The van der Waals surface area contributed by atoms with Crippen molar-refractivity contribution in [3.8, 4) is 0 Å². The van der Waals surface area contributed by atoms with Crippen molar-refractivity contribution in [1.29, 1.82) is 0 Å². The van der Waals surface area contributed by atoms with E-state index in [1.165, 1.54) is 55.1 Å². The lowest BCUT2D eigenvalue weighted by Crippen LogP contribution is -2.44. The molecule has 3 rings (SSSR count). The van der Waals surface area contributed by atoms with E-state index < -0.39 is 42.4 Å². The van der Waals surface area contributed by atoms with Crippen LogP contribution in [0.5, 0.6) is 0 Å². The largest absolute Gasteiger partial charge is 0.460 e. The van der Waals surface area contributed by atoms with Crippen molar-refractivity contribution in [1.82, 2.24) is 10.2 Å². The summed E-state index contributed by atoms with van der Waals surface area (Å²) in [6, 6.07) is 11.2. The Morgan fingerprint density at radius 1 is 0.959 bits per heavy atom. The van der Waals surface area contributed by atoms with Gasteiger partial charge in [0, 0.05) is 55.3 Å². The van der Waals surface area contributed by atoms with Crippen molar-refractivity contribution in [2.45, 2.75) is 83.7 Å². The zero-order valence-electron chi connectivity index (χ0n) is 28.5. The van der Waals surface area contributed by atoms with Crippen molar-refractivity contribution in [3.05, 3.63) is 79.9 Å². The second-order valence-corrected chi connectivity index (χ2v) is 19.0. The van der Waals surface area contributed by atoms with Crippen LogP contribution in [0, 0.1) is 20.2 Å². The number of carbonyl (C=O) groups excluding carboxylic acids is 3. The smallest absolute Gasteiger partial charge is 0.410 e. The Labute approximate surface area is 290 Å². The van der Waals surface area contributed by atoms with E-state index in [1.54, 1.807) is 17.0 Å². The van der Waals surface area contributed by atoms with Crippen molar-refractivity contribution in [3.63, 3.8) is 0 Å². The summed E-state index contributed by atoms with van der Waals surface area (Å²) in [5.41, 5.74) is 1.05. The molecule has 49 heavy (non-hydrogen) atoms. The van der Waals surface area contributed by atoms with E-state index in [4.69, 9.17) is 18.6 Å². The molecular weight excluding hydrogens is 677 g/mol. The molecule has 1 fully saturated rings. The van der Waals surface area contributed by atoms with E-state index in [-0.39, 0.29) is 48.3 Å². The highest BCUT2D eigenvalue weighted by atomic mass is 32.2. The van der Waals surface area contributed by atoms with Gasteiger partial charge in [0.15, 0.2) is 8.32 Å². The number of ether oxygens (including phenoxy) is 3. The molecule has 268 valence electrons. The lowest BCUT2D eigenvalue weighted by atomic mass is 10.2. The number of nitro benzene ring substituents is 2. The van der Waals surface area contributed by atoms with Crippen LogP contribution in [0.3, 0.4) is 0 Å². The van der Waals surface area contributed by atoms with Crippen LogP contribution in [-0.2, 0) is 36.6 Å². The molecule has 0 aliphatic carbocycles. The quantitative estimate of drug-likeness (QED) is 0.0722. The highest BCUT2D eigenvalue weighted by molar-refractivity contribution is 7.99. The van der Waals surface area contributed by atoms with Crippen LogP contribution in [0.4, 0.5) is 21.0 Å². The summed E-state index contributed by atoms with van der Waals surface area (Å²) in [6.45, 7) is 12.2. The fourth-order valence-electron chi connectivity index (χ4n) is 4.69. The number of carbonyl (C=O) groups is 3. The van der Waals surface area contributed by atoms with Crippen molar-refractivity contribution < 1.29 is 42.9 Å². The maximum absolute atomic E-state index is 13.3. The van der Waals surface area contributed by atoms with E-state index in [9.17, 15) is 34.6 Å². The first-order valence-electron chi connectivity index (χ1n) is 15.7. The van der Waals surface area contributed by atoms with Crippen LogP contribution in [0.25, 0.3) is 0 Å². The Kier molecular flexibility index (Phi) is 14.0. The van der Waals surface area contributed by atoms with Crippen LogP contribution in [0.15, 0.2) is 48.5 Å². The van der Waals surface area contributed by atoms with Gasteiger partial charge in [0.05, 0.1) is 22.5 Å². The summed E-state index contributed by atoms with van der Waals surface area (Å²) in [4.78, 5) is 59.9. The summed E-state index contributed by atoms with van der Waals surface area (Å²) in [5, 5.41) is 24.3. The predicted octanol–water partition coefficient (Wildman–Crippen LogP) is 6.20. The van der Waals surface area contributed by atoms with Crippen molar-refractivity contribution in [2.24, 2.45) is 0 Å². The molecule has 0 bridgehead atoms. The number of esters is 1. The molecule has 15 nitrogen and oxygen atoms in total. The average molecular weight is 721 g/mol. The van der Waals surface area contributed by atoms with Gasteiger partial charge < -0.3 is 28.9 Å². The van der Waals surface area contributed by atoms with E-state index in [0.29, 0.717) is 35.6 Å². The van der Waals surface area contributed by atoms with Crippen LogP contribution in [0.1, 0.15) is 45.2 Å². The molecule has 2 aromatic rings. The lowest BCUT2D eigenvalue weighted by molar-refractivity contribution is -0.385. The topological polar surface area (TPSA) is 190 Å². The number of likely N-dealkylation sites (tertiary alicyclic amines) is 1. The minimum atomic E-state index is -2.15. The number of thioether (sulfide) groups is 1. The van der Waals surface area contributed by atoms with Gasteiger partial charge in [-0.25, -0.2) is 9.59 Å². The zero-order chi connectivity index (χ0) is 36.4. The van der Waals surface area contributed by atoms with E-state index in [1.807, 2.05) is 0 Å². The van der Waals surface area contributed by atoms with Crippen molar-refractivity contribution >= 4 is 49.6 Å². The highest BCUT2D eigenvalue weighted by Crippen LogP contribution is 2.39. The predicted molar refractivity (Wildman–Crippen MR) is 185 cm³/mol. The Morgan fingerprint density at radius 3 is 1.98 bits per heavy atom. The number of benzene rings is 2. The summed E-state index contributed by atoms with van der Waals surface area (Å²) in [5.74, 6) is 0.275. The Morgan fingerprint density at radius 2 is 1.49 bits per heavy atom. The minimum Gasteiger partial charge on any atom is -0.460 e. The van der Waals surface area contributed by atoms with Crippen LogP contribution in [0.2, 0.25) is 18.1 Å². The molecule has 0 aromatic heterocycles. The Hall–Kier alpha value is -4.22. The SMILES string of the molecule is CC(=O)OC(CNC(=O)OCc1ccc([N+](=O)[O-])cc1)CSCC1CC(O[Si](C)(C)C(C)(C)C)CN1C(=O)OCc1ccc([N+](=O)[O-])cc1. The number of rotatable bonds is 15. The number of nitro groups is 2. The number of nitrogens with one attached hydrogen (secondary N) is 1. The van der Waals surface area contributed by atoms with E-state index in [2.05, 4.69) is 39.2 Å². The molecule has 0 radical (unpaired) electrons. The molecular formula is C32H44N4O11SSi. The molecule has 1 aliphatic rings. The van der Waals surface area contributed by atoms with Gasteiger partial charge in [-0.3, -0.25) is 25.0 Å². The standard InChI is InChI=1S/C32H44N4O11SSi/c1-22(37)46-29(16-33-30(38)44-18-23-7-11-25(12-8-23)35(40)41)21-48-20-27-15-28(47-49(5,6)32(2,3)4)17-34(27)31(39)45-19-24-9-13-26(14-10-24)36(42)43/h7-14,27-29H,15-21H2,1-6H3,(H,33,38). The molecule has 1 aliphatic heterocycles. The third-order valence-electron chi connectivity index (χ3n) is 8.33. The Bertz CT molecular complexity index is 1470. The fourth-order valence-corrected chi connectivity index (χ4v) is 7.22. The van der Waals surface area contributed by atoms with Crippen molar-refractivity contribution in [2.75, 3.05) is 24.6 Å². The molecule has 2 aromatic carbocycles. The monoisotopic (exact) mass is 720 g/mol. The first-order valence-corrected chi connectivity index (χ1v) is 19.7. The van der Waals surface area contributed by atoms with Crippen LogP contribution in [-0.4, -0.2) is 84.1 Å². The molecule has 0 spiro atoms. The van der Waals surface area contributed by atoms with Crippen LogP contribution >= 0.6 is 11.8 Å². The first kappa shape index (κ1) is 39.2. The first-order chi connectivity index (χ1) is 22.9. The maximum Gasteiger partial charge on any atom is 0.410 e. The normalized spacial score (nSPS) is 16.8. The number of hydrogen-bond acceptors (Lipinski definition) is 12. The molecule has 3 unspecified atom stereocenters. The summed E-state index contributed by atoms with van der Waals surface area (Å²) in [6.07, 6.45) is -1.58. The fraction of sp³-hybridized carbons (Fsp3) is 0.531. The molecule has 1 saturated heterocycles. The van der Waals surface area contributed by atoms with Crippen LogP contribution < -0.4 is 5.32 Å². The second-order valence-electron chi connectivity index (χ2n) is 13.2. The number of amides is 2. The molecule has 1 N–H and O–H groups in total. The number of alkyl carbamates (subject to hydrolysis) is 1. The van der Waals surface area contributed by atoms with E-state index in [0.717, 1.165) is 0 Å². The van der Waals surface area contributed by atoms with Gasteiger partial charge in [-0.05, 0) is 59.9 Å².